The fourth-order valence-corrected chi connectivity index (χ4v) is 3.21. The predicted octanol–water partition coefficient (Wildman–Crippen LogP) is 4.67. The van der Waals surface area contributed by atoms with Crippen molar-refractivity contribution in [3.8, 4) is 0 Å². The number of allylic oxidation sites excluding steroid dienone is 1. The van der Waals surface area contributed by atoms with Gasteiger partial charge in [-0.1, -0.05) is 62.2 Å². The van der Waals surface area contributed by atoms with Gasteiger partial charge in [0.25, 0.3) is 0 Å². The van der Waals surface area contributed by atoms with Crippen LogP contribution in [0.4, 0.5) is 0 Å². The van der Waals surface area contributed by atoms with Crippen LogP contribution in [0.5, 0.6) is 0 Å². The zero-order valence-electron chi connectivity index (χ0n) is 12.0. The lowest BCUT2D eigenvalue weighted by Crippen LogP contribution is -2.28. The Morgan fingerprint density at radius 1 is 1.21 bits per heavy atom. The molecule has 0 radical (unpaired) electrons. The molecule has 1 heteroatoms. The van der Waals surface area contributed by atoms with Crippen molar-refractivity contribution in [2.24, 2.45) is 11.8 Å². The highest BCUT2D eigenvalue weighted by atomic mass is 16.3. The lowest BCUT2D eigenvalue weighted by molar-refractivity contribution is 0.0477. The first kappa shape index (κ1) is 14.3. The Hall–Kier alpha value is -1.08. The average Bonchev–Trinajstić information content (AvgIpc) is 2.44. The number of benzene rings is 1. The highest BCUT2D eigenvalue weighted by molar-refractivity contribution is 5.48. The van der Waals surface area contributed by atoms with E-state index in [9.17, 15) is 5.11 Å². The minimum absolute atomic E-state index is 0.0893. The van der Waals surface area contributed by atoms with Gasteiger partial charge in [0.15, 0.2) is 0 Å². The van der Waals surface area contributed by atoms with Crippen molar-refractivity contribution >= 4 is 6.08 Å². The molecule has 0 aromatic heterocycles. The zero-order valence-corrected chi connectivity index (χ0v) is 12.0. The van der Waals surface area contributed by atoms with Crippen molar-refractivity contribution in [3.63, 3.8) is 0 Å². The van der Waals surface area contributed by atoms with E-state index in [1.54, 1.807) is 0 Å². The maximum atomic E-state index is 10.1. The number of aliphatic hydroxyl groups is 1. The summed E-state index contributed by atoms with van der Waals surface area (Å²) in [6.45, 7) is 2.26. The number of aliphatic hydroxyl groups excluding tert-OH is 1. The summed E-state index contributed by atoms with van der Waals surface area (Å²) in [5.74, 6) is 1.30. The Morgan fingerprint density at radius 3 is 2.74 bits per heavy atom. The molecular weight excluding hydrogens is 232 g/mol. The summed E-state index contributed by atoms with van der Waals surface area (Å²) in [4.78, 5) is 0. The van der Waals surface area contributed by atoms with Crippen LogP contribution < -0.4 is 0 Å². The summed E-state index contributed by atoms with van der Waals surface area (Å²) >= 11 is 0. The Labute approximate surface area is 117 Å². The third-order valence-corrected chi connectivity index (χ3v) is 4.30. The van der Waals surface area contributed by atoms with Crippen LogP contribution in [0, 0.1) is 11.8 Å². The van der Waals surface area contributed by atoms with Crippen molar-refractivity contribution in [1.82, 2.24) is 0 Å². The Balaban J connectivity index is 1.85. The lowest BCUT2D eigenvalue weighted by Gasteiger charge is -2.32. The molecular formula is C18H26O. The summed E-state index contributed by atoms with van der Waals surface area (Å²) in [7, 11) is 0. The van der Waals surface area contributed by atoms with E-state index in [2.05, 4.69) is 43.3 Å². The second-order valence-electron chi connectivity index (χ2n) is 5.84. The average molecular weight is 258 g/mol. The molecule has 1 nitrogen and oxygen atoms in total. The van der Waals surface area contributed by atoms with E-state index in [4.69, 9.17) is 0 Å². The second-order valence-corrected chi connectivity index (χ2v) is 5.84. The van der Waals surface area contributed by atoms with Crippen LogP contribution in [0.3, 0.4) is 0 Å². The number of hydrogen-bond donors (Lipinski definition) is 1. The molecule has 1 N–H and O–H groups in total. The van der Waals surface area contributed by atoms with E-state index in [0.29, 0.717) is 5.92 Å². The number of rotatable bonds is 5. The maximum Gasteiger partial charge on any atom is 0.0571 e. The molecule has 0 aliphatic heterocycles. The fourth-order valence-electron chi connectivity index (χ4n) is 3.21. The third kappa shape index (κ3) is 4.50. The molecule has 1 aromatic rings. The molecule has 0 amide bonds. The second kappa shape index (κ2) is 7.49. The molecule has 0 heterocycles. The van der Waals surface area contributed by atoms with Crippen LogP contribution in [0.1, 0.15) is 51.0 Å². The molecule has 3 atom stereocenters. The van der Waals surface area contributed by atoms with Gasteiger partial charge in [0, 0.05) is 0 Å². The van der Waals surface area contributed by atoms with Gasteiger partial charge in [0.1, 0.15) is 0 Å². The highest BCUT2D eigenvalue weighted by Gasteiger charge is 2.27. The minimum atomic E-state index is -0.0893. The summed E-state index contributed by atoms with van der Waals surface area (Å²) in [5.41, 5.74) is 1.25. The molecule has 0 bridgehead atoms. The molecule has 1 aliphatic carbocycles. The van der Waals surface area contributed by atoms with Gasteiger partial charge in [-0.15, -0.1) is 0 Å². The van der Waals surface area contributed by atoms with Crippen LogP contribution >= 0.6 is 0 Å². The normalized spacial score (nSPS) is 27.8. The van der Waals surface area contributed by atoms with E-state index in [1.165, 1.54) is 31.2 Å². The first-order valence-electron chi connectivity index (χ1n) is 7.69. The largest absolute Gasteiger partial charge is 0.393 e. The zero-order chi connectivity index (χ0) is 13.5. The van der Waals surface area contributed by atoms with Crippen molar-refractivity contribution < 1.29 is 5.11 Å². The Bertz CT molecular complexity index is 382. The van der Waals surface area contributed by atoms with E-state index < -0.39 is 0 Å². The third-order valence-electron chi connectivity index (χ3n) is 4.30. The molecule has 1 aromatic carbocycles. The van der Waals surface area contributed by atoms with Gasteiger partial charge in [-0.3, -0.25) is 0 Å². The maximum absolute atomic E-state index is 10.1. The van der Waals surface area contributed by atoms with Crippen LogP contribution in [0.2, 0.25) is 0 Å². The summed E-state index contributed by atoms with van der Waals surface area (Å²) in [6.07, 6.45) is 11.3. The SMILES string of the molecule is CCCC1CCC(O)C(CC=Cc2ccccc2)C1. The quantitative estimate of drug-likeness (QED) is 0.814. The number of hydrogen-bond acceptors (Lipinski definition) is 1. The van der Waals surface area contributed by atoms with Gasteiger partial charge >= 0.3 is 0 Å². The van der Waals surface area contributed by atoms with Gasteiger partial charge in [-0.25, -0.2) is 0 Å². The van der Waals surface area contributed by atoms with Gasteiger partial charge in [0.05, 0.1) is 6.10 Å². The molecule has 0 saturated heterocycles. The summed E-state index contributed by atoms with van der Waals surface area (Å²) in [5, 5.41) is 10.1. The molecule has 2 rings (SSSR count). The van der Waals surface area contributed by atoms with E-state index in [1.807, 2.05) is 6.07 Å². The smallest absolute Gasteiger partial charge is 0.0571 e. The molecule has 19 heavy (non-hydrogen) atoms. The Kier molecular flexibility index (Phi) is 5.65. The standard InChI is InChI=1S/C18H26O/c1-2-7-16-12-13-18(19)17(14-16)11-6-10-15-8-4-3-5-9-15/h3-6,8-10,16-19H,2,7,11-14H2,1H3. The fraction of sp³-hybridized carbons (Fsp3) is 0.556. The Morgan fingerprint density at radius 2 is 2.00 bits per heavy atom. The van der Waals surface area contributed by atoms with Crippen LogP contribution in [0.15, 0.2) is 36.4 Å². The van der Waals surface area contributed by atoms with Crippen LogP contribution in [-0.2, 0) is 0 Å². The van der Waals surface area contributed by atoms with Crippen LogP contribution in [-0.4, -0.2) is 11.2 Å². The predicted molar refractivity (Wildman–Crippen MR) is 81.8 cm³/mol. The van der Waals surface area contributed by atoms with E-state index >= 15 is 0 Å². The summed E-state index contributed by atoms with van der Waals surface area (Å²) in [6, 6.07) is 10.4. The van der Waals surface area contributed by atoms with Gasteiger partial charge in [-0.2, -0.15) is 0 Å². The first-order chi connectivity index (χ1) is 9.29. The van der Waals surface area contributed by atoms with Crippen molar-refractivity contribution in [2.45, 2.75) is 51.6 Å². The van der Waals surface area contributed by atoms with Crippen molar-refractivity contribution in [2.75, 3.05) is 0 Å². The first-order valence-corrected chi connectivity index (χ1v) is 7.69. The van der Waals surface area contributed by atoms with Crippen molar-refractivity contribution in [1.29, 1.82) is 0 Å². The van der Waals surface area contributed by atoms with E-state index in [-0.39, 0.29) is 6.10 Å². The monoisotopic (exact) mass is 258 g/mol. The van der Waals surface area contributed by atoms with Gasteiger partial charge in [-0.05, 0) is 43.1 Å². The van der Waals surface area contributed by atoms with Crippen molar-refractivity contribution in [3.05, 3.63) is 42.0 Å². The highest BCUT2D eigenvalue weighted by Crippen LogP contribution is 2.34. The molecule has 1 saturated carbocycles. The summed E-state index contributed by atoms with van der Waals surface area (Å²) < 4.78 is 0. The molecule has 1 aliphatic rings. The van der Waals surface area contributed by atoms with Gasteiger partial charge in [0.2, 0.25) is 0 Å². The molecule has 0 spiro atoms. The topological polar surface area (TPSA) is 20.2 Å². The van der Waals surface area contributed by atoms with E-state index in [0.717, 1.165) is 18.8 Å². The molecule has 3 unspecified atom stereocenters. The van der Waals surface area contributed by atoms with Gasteiger partial charge < -0.3 is 5.11 Å². The lowest BCUT2D eigenvalue weighted by atomic mass is 9.76. The molecule has 104 valence electrons. The minimum Gasteiger partial charge on any atom is -0.393 e. The van der Waals surface area contributed by atoms with Crippen LogP contribution in [0.25, 0.3) is 6.08 Å². The molecule has 1 fully saturated rings.